The largest absolute Gasteiger partial charge is 0.420 e. The lowest BCUT2D eigenvalue weighted by Gasteiger charge is -2.08. The summed E-state index contributed by atoms with van der Waals surface area (Å²) in [6.45, 7) is 2.29. The van der Waals surface area contributed by atoms with E-state index in [4.69, 9.17) is 11.6 Å². The van der Waals surface area contributed by atoms with E-state index in [1.807, 2.05) is 0 Å². The molecule has 0 amide bonds. The van der Waals surface area contributed by atoms with Crippen LogP contribution in [0.2, 0.25) is 5.15 Å². The fraction of sp³-hybridized carbons (Fsp3) is 0.429. The summed E-state index contributed by atoms with van der Waals surface area (Å²) >= 11 is 5.34. The second-order valence-corrected chi connectivity index (χ2v) is 2.78. The highest BCUT2D eigenvalue weighted by Gasteiger charge is 2.34. The molecule has 7 heteroatoms. The van der Waals surface area contributed by atoms with Gasteiger partial charge in [0.05, 0.1) is 0 Å². The molecule has 78 valence electrons. The van der Waals surface area contributed by atoms with Crippen LogP contribution in [0.5, 0.6) is 0 Å². The van der Waals surface area contributed by atoms with Crippen molar-refractivity contribution in [2.24, 2.45) is 0 Å². The molecule has 1 heterocycles. The smallest absolute Gasteiger partial charge is 0.354 e. The SMILES string of the molecule is CCNc1ncc(C(F)(F)F)c(Cl)n1. The van der Waals surface area contributed by atoms with Gasteiger partial charge < -0.3 is 5.32 Å². The molecule has 1 aromatic rings. The zero-order chi connectivity index (χ0) is 10.8. The Hall–Kier alpha value is -1.04. The molecule has 0 aliphatic rings. The van der Waals surface area contributed by atoms with Gasteiger partial charge in [0.1, 0.15) is 10.7 Å². The van der Waals surface area contributed by atoms with E-state index in [1.165, 1.54) is 0 Å². The Morgan fingerprint density at radius 3 is 2.57 bits per heavy atom. The van der Waals surface area contributed by atoms with Crippen LogP contribution in [0, 0.1) is 0 Å². The Balaban J connectivity index is 3.02. The Bertz CT molecular complexity index is 326. The zero-order valence-corrected chi connectivity index (χ0v) is 7.95. The average molecular weight is 226 g/mol. The molecule has 0 aliphatic carbocycles. The summed E-state index contributed by atoms with van der Waals surface area (Å²) in [5.74, 6) is 0.0884. The van der Waals surface area contributed by atoms with Crippen LogP contribution >= 0.6 is 11.6 Å². The van der Waals surface area contributed by atoms with Crippen LogP contribution in [0.25, 0.3) is 0 Å². The monoisotopic (exact) mass is 225 g/mol. The van der Waals surface area contributed by atoms with Crippen molar-refractivity contribution in [3.05, 3.63) is 16.9 Å². The van der Waals surface area contributed by atoms with Crippen LogP contribution in [0.4, 0.5) is 19.1 Å². The van der Waals surface area contributed by atoms with Crippen molar-refractivity contribution in [3.8, 4) is 0 Å². The van der Waals surface area contributed by atoms with Crippen molar-refractivity contribution < 1.29 is 13.2 Å². The van der Waals surface area contributed by atoms with E-state index in [2.05, 4.69) is 15.3 Å². The van der Waals surface area contributed by atoms with Gasteiger partial charge in [0.15, 0.2) is 0 Å². The van der Waals surface area contributed by atoms with E-state index >= 15 is 0 Å². The van der Waals surface area contributed by atoms with Crippen molar-refractivity contribution in [2.75, 3.05) is 11.9 Å². The second-order valence-electron chi connectivity index (χ2n) is 2.43. The number of alkyl halides is 3. The number of nitrogens with one attached hydrogen (secondary N) is 1. The molecule has 0 fully saturated rings. The van der Waals surface area contributed by atoms with Crippen molar-refractivity contribution in [3.63, 3.8) is 0 Å². The molecule has 1 rings (SSSR count). The summed E-state index contributed by atoms with van der Waals surface area (Å²) in [5.41, 5.74) is -1.03. The molecule has 0 spiro atoms. The van der Waals surface area contributed by atoms with Crippen molar-refractivity contribution in [1.82, 2.24) is 9.97 Å². The zero-order valence-electron chi connectivity index (χ0n) is 7.19. The van der Waals surface area contributed by atoms with E-state index in [0.717, 1.165) is 0 Å². The van der Waals surface area contributed by atoms with Gasteiger partial charge >= 0.3 is 6.18 Å². The minimum Gasteiger partial charge on any atom is -0.354 e. The highest BCUT2D eigenvalue weighted by atomic mass is 35.5. The van der Waals surface area contributed by atoms with Gasteiger partial charge in [-0.05, 0) is 6.92 Å². The highest BCUT2D eigenvalue weighted by molar-refractivity contribution is 6.30. The van der Waals surface area contributed by atoms with E-state index in [-0.39, 0.29) is 5.95 Å². The Morgan fingerprint density at radius 1 is 1.50 bits per heavy atom. The Labute approximate surface area is 83.3 Å². The van der Waals surface area contributed by atoms with Gasteiger partial charge in [0.25, 0.3) is 0 Å². The van der Waals surface area contributed by atoms with Gasteiger partial charge in [0, 0.05) is 12.7 Å². The maximum absolute atomic E-state index is 12.2. The number of hydrogen-bond acceptors (Lipinski definition) is 3. The van der Waals surface area contributed by atoms with Crippen LogP contribution in [0.3, 0.4) is 0 Å². The third kappa shape index (κ3) is 2.47. The predicted octanol–water partition coefficient (Wildman–Crippen LogP) is 2.58. The predicted molar refractivity (Wildman–Crippen MR) is 46.2 cm³/mol. The molecule has 1 N–H and O–H groups in total. The van der Waals surface area contributed by atoms with Gasteiger partial charge in [-0.3, -0.25) is 0 Å². The molecular weight excluding hydrogens is 219 g/mol. The first-order valence-corrected chi connectivity index (χ1v) is 4.16. The molecule has 0 saturated heterocycles. The molecule has 0 atom stereocenters. The third-order valence-corrected chi connectivity index (χ3v) is 1.67. The summed E-state index contributed by atoms with van der Waals surface area (Å²) in [4.78, 5) is 6.92. The number of halogens is 4. The standard InChI is InChI=1S/C7H7ClF3N3/c1-2-12-6-13-3-4(5(8)14-6)7(9,10)11/h3H,2H2,1H3,(H,12,13,14). The fourth-order valence-electron chi connectivity index (χ4n) is 0.794. The minimum atomic E-state index is -4.51. The lowest BCUT2D eigenvalue weighted by atomic mass is 10.3. The maximum atomic E-state index is 12.2. The van der Waals surface area contributed by atoms with E-state index in [0.29, 0.717) is 12.7 Å². The van der Waals surface area contributed by atoms with E-state index in [1.54, 1.807) is 6.92 Å². The first kappa shape index (κ1) is 11.0. The Morgan fingerprint density at radius 2 is 2.14 bits per heavy atom. The fourth-order valence-corrected chi connectivity index (χ4v) is 1.03. The lowest BCUT2D eigenvalue weighted by molar-refractivity contribution is -0.137. The van der Waals surface area contributed by atoms with E-state index in [9.17, 15) is 13.2 Å². The molecule has 3 nitrogen and oxygen atoms in total. The summed E-state index contributed by atoms with van der Waals surface area (Å²) in [6.07, 6.45) is -3.85. The topological polar surface area (TPSA) is 37.8 Å². The average Bonchev–Trinajstić information content (AvgIpc) is 2.02. The lowest BCUT2D eigenvalue weighted by Crippen LogP contribution is -2.10. The first-order valence-electron chi connectivity index (χ1n) is 3.78. The van der Waals surface area contributed by atoms with Crippen molar-refractivity contribution >= 4 is 17.5 Å². The summed E-state index contributed by atoms with van der Waals surface area (Å²) in [6, 6.07) is 0. The van der Waals surface area contributed by atoms with Crippen LogP contribution < -0.4 is 5.32 Å². The second kappa shape index (κ2) is 4.00. The number of hydrogen-bond donors (Lipinski definition) is 1. The van der Waals surface area contributed by atoms with Crippen molar-refractivity contribution in [2.45, 2.75) is 13.1 Å². The molecule has 0 aliphatic heterocycles. The highest BCUT2D eigenvalue weighted by Crippen LogP contribution is 2.33. The van der Waals surface area contributed by atoms with Gasteiger partial charge in [-0.2, -0.15) is 13.2 Å². The maximum Gasteiger partial charge on any atom is 0.420 e. The van der Waals surface area contributed by atoms with Crippen LogP contribution in [-0.2, 0) is 6.18 Å². The van der Waals surface area contributed by atoms with Crippen molar-refractivity contribution in [1.29, 1.82) is 0 Å². The molecule has 0 unspecified atom stereocenters. The third-order valence-electron chi connectivity index (χ3n) is 1.38. The quantitative estimate of drug-likeness (QED) is 0.786. The molecular formula is C7H7ClF3N3. The molecule has 1 aromatic heterocycles. The Kier molecular flexibility index (Phi) is 3.15. The number of aromatic nitrogens is 2. The molecule has 0 bridgehead atoms. The van der Waals surface area contributed by atoms with Gasteiger partial charge in [-0.25, -0.2) is 9.97 Å². The van der Waals surface area contributed by atoms with E-state index < -0.39 is 16.9 Å². The number of nitrogens with zero attached hydrogens (tertiary/aromatic N) is 2. The van der Waals surface area contributed by atoms with Crippen LogP contribution in [0.15, 0.2) is 6.20 Å². The number of rotatable bonds is 2. The van der Waals surface area contributed by atoms with Gasteiger partial charge in [-0.15, -0.1) is 0 Å². The normalized spacial score (nSPS) is 11.5. The summed E-state index contributed by atoms with van der Waals surface area (Å²) in [5, 5.41) is 2.06. The van der Waals surface area contributed by atoms with Crippen LogP contribution in [-0.4, -0.2) is 16.5 Å². The minimum absolute atomic E-state index is 0.0884. The summed E-state index contributed by atoms with van der Waals surface area (Å²) < 4.78 is 36.5. The molecule has 0 saturated carbocycles. The first-order chi connectivity index (χ1) is 6.45. The summed E-state index contributed by atoms with van der Waals surface area (Å²) in [7, 11) is 0. The van der Waals surface area contributed by atoms with Gasteiger partial charge in [-0.1, -0.05) is 11.6 Å². The number of anilines is 1. The van der Waals surface area contributed by atoms with Gasteiger partial charge in [0.2, 0.25) is 5.95 Å². The molecule has 0 aromatic carbocycles. The molecule has 0 radical (unpaired) electrons. The molecule has 14 heavy (non-hydrogen) atoms. The van der Waals surface area contributed by atoms with Crippen LogP contribution in [0.1, 0.15) is 12.5 Å².